The molecule has 0 spiro atoms. The summed E-state index contributed by atoms with van der Waals surface area (Å²) >= 11 is 0. The molecule has 0 amide bonds. The SMILES string of the molecule is Cn1ccnc1O[C@H]1CN(S(C)(=O)=O)c2ccccc2O1. The minimum atomic E-state index is -3.42. The lowest BCUT2D eigenvalue weighted by molar-refractivity contribution is -0.000228. The minimum Gasteiger partial charge on any atom is -0.451 e. The average molecular weight is 309 g/mol. The molecule has 0 saturated heterocycles. The molecular formula is C13H15N3O4S. The van der Waals surface area contributed by atoms with Gasteiger partial charge in [-0.15, -0.1) is 0 Å². The van der Waals surface area contributed by atoms with Gasteiger partial charge in [0.15, 0.2) is 0 Å². The summed E-state index contributed by atoms with van der Waals surface area (Å²) in [6, 6.07) is 7.32. The van der Waals surface area contributed by atoms with Gasteiger partial charge in [0.1, 0.15) is 12.3 Å². The van der Waals surface area contributed by atoms with Crippen molar-refractivity contribution in [2.24, 2.45) is 7.05 Å². The highest BCUT2D eigenvalue weighted by Gasteiger charge is 2.32. The number of fused-ring (bicyclic) bond motifs is 1. The number of para-hydroxylation sites is 2. The molecule has 1 aromatic heterocycles. The highest BCUT2D eigenvalue weighted by atomic mass is 32.2. The Morgan fingerprint density at radius 2 is 2.14 bits per heavy atom. The third kappa shape index (κ3) is 2.66. The quantitative estimate of drug-likeness (QED) is 0.845. The lowest BCUT2D eigenvalue weighted by Crippen LogP contribution is -2.45. The van der Waals surface area contributed by atoms with E-state index in [1.165, 1.54) is 4.31 Å². The first-order valence-electron chi connectivity index (χ1n) is 6.32. The van der Waals surface area contributed by atoms with Gasteiger partial charge in [0.2, 0.25) is 10.0 Å². The molecule has 7 nitrogen and oxygen atoms in total. The maximum absolute atomic E-state index is 12.0. The maximum Gasteiger partial charge on any atom is 0.299 e. The second-order valence-corrected chi connectivity index (χ2v) is 6.65. The fourth-order valence-electron chi connectivity index (χ4n) is 2.13. The Morgan fingerprint density at radius 1 is 1.38 bits per heavy atom. The summed E-state index contributed by atoms with van der Waals surface area (Å²) < 4.78 is 38.2. The number of aryl methyl sites for hydroxylation is 1. The Hall–Kier alpha value is -2.22. The van der Waals surface area contributed by atoms with Gasteiger partial charge in [-0.1, -0.05) is 12.1 Å². The van der Waals surface area contributed by atoms with Crippen LogP contribution < -0.4 is 13.8 Å². The average Bonchev–Trinajstić information content (AvgIpc) is 2.82. The van der Waals surface area contributed by atoms with Crippen LogP contribution in [0.25, 0.3) is 0 Å². The Kier molecular flexibility index (Phi) is 3.25. The van der Waals surface area contributed by atoms with E-state index in [9.17, 15) is 8.42 Å². The fraction of sp³-hybridized carbons (Fsp3) is 0.308. The van der Waals surface area contributed by atoms with Crippen molar-refractivity contribution >= 4 is 15.7 Å². The van der Waals surface area contributed by atoms with Crippen LogP contribution in [0, 0.1) is 0 Å². The van der Waals surface area contributed by atoms with E-state index >= 15 is 0 Å². The minimum absolute atomic E-state index is 0.0721. The van der Waals surface area contributed by atoms with Gasteiger partial charge in [0, 0.05) is 19.4 Å². The van der Waals surface area contributed by atoms with Gasteiger partial charge < -0.3 is 14.0 Å². The highest BCUT2D eigenvalue weighted by Crippen LogP contribution is 2.34. The molecule has 2 heterocycles. The number of ether oxygens (including phenoxy) is 2. The molecule has 112 valence electrons. The highest BCUT2D eigenvalue weighted by molar-refractivity contribution is 7.92. The maximum atomic E-state index is 12.0. The van der Waals surface area contributed by atoms with Crippen molar-refractivity contribution in [3.63, 3.8) is 0 Å². The van der Waals surface area contributed by atoms with Crippen LogP contribution >= 0.6 is 0 Å². The van der Waals surface area contributed by atoms with E-state index in [1.807, 2.05) is 0 Å². The van der Waals surface area contributed by atoms with Gasteiger partial charge in [0.25, 0.3) is 12.3 Å². The monoisotopic (exact) mass is 309 g/mol. The first kappa shape index (κ1) is 13.7. The predicted octanol–water partition coefficient (Wildman–Crippen LogP) is 0.984. The van der Waals surface area contributed by atoms with Gasteiger partial charge in [-0.05, 0) is 12.1 Å². The zero-order valence-corrected chi connectivity index (χ0v) is 12.4. The van der Waals surface area contributed by atoms with Gasteiger partial charge in [-0.2, -0.15) is 0 Å². The number of aromatic nitrogens is 2. The lowest BCUT2D eigenvalue weighted by Gasteiger charge is -2.33. The Balaban J connectivity index is 1.92. The number of rotatable bonds is 3. The third-order valence-electron chi connectivity index (χ3n) is 3.12. The topological polar surface area (TPSA) is 73.7 Å². The van der Waals surface area contributed by atoms with E-state index in [4.69, 9.17) is 9.47 Å². The molecule has 0 N–H and O–H groups in total. The number of hydrogen-bond acceptors (Lipinski definition) is 5. The van der Waals surface area contributed by atoms with E-state index in [0.717, 1.165) is 6.26 Å². The number of anilines is 1. The zero-order valence-electron chi connectivity index (χ0n) is 11.6. The standard InChI is InChI=1S/C13H15N3O4S/c1-15-8-7-14-13(15)20-12-9-16(21(2,17)18)10-5-3-4-6-11(10)19-12/h3-8,12H,9H2,1-2H3/t12-/m0/s1. The van der Waals surface area contributed by atoms with E-state index in [1.54, 1.807) is 48.3 Å². The molecule has 21 heavy (non-hydrogen) atoms. The van der Waals surface area contributed by atoms with Gasteiger partial charge in [-0.3, -0.25) is 4.31 Å². The predicted molar refractivity (Wildman–Crippen MR) is 76.9 cm³/mol. The van der Waals surface area contributed by atoms with Gasteiger partial charge >= 0.3 is 0 Å². The summed E-state index contributed by atoms with van der Waals surface area (Å²) in [7, 11) is -1.63. The first-order valence-corrected chi connectivity index (χ1v) is 8.17. The van der Waals surface area contributed by atoms with E-state index < -0.39 is 16.3 Å². The number of benzene rings is 1. The number of sulfonamides is 1. The van der Waals surface area contributed by atoms with Crippen LogP contribution in [0.2, 0.25) is 0 Å². The van der Waals surface area contributed by atoms with Crippen LogP contribution in [0.4, 0.5) is 5.69 Å². The summed E-state index contributed by atoms with van der Waals surface area (Å²) in [6.07, 6.45) is 3.74. The molecule has 3 rings (SSSR count). The summed E-state index contributed by atoms with van der Waals surface area (Å²) in [6.45, 7) is 0.0721. The molecule has 0 unspecified atom stereocenters. The Labute approximate surface area is 122 Å². The lowest BCUT2D eigenvalue weighted by atomic mass is 10.2. The van der Waals surface area contributed by atoms with Crippen molar-refractivity contribution in [3.05, 3.63) is 36.7 Å². The Bertz CT molecular complexity index is 756. The van der Waals surface area contributed by atoms with Crippen LogP contribution in [0.1, 0.15) is 0 Å². The van der Waals surface area contributed by atoms with Crippen molar-refractivity contribution < 1.29 is 17.9 Å². The van der Waals surface area contributed by atoms with Crippen molar-refractivity contribution in [2.45, 2.75) is 6.29 Å². The molecule has 0 fully saturated rings. The van der Waals surface area contributed by atoms with Crippen molar-refractivity contribution in [2.75, 3.05) is 17.1 Å². The summed E-state index contributed by atoms with van der Waals surface area (Å²) in [5.74, 6) is 0.466. The molecule has 8 heteroatoms. The van der Waals surface area contributed by atoms with Crippen LogP contribution in [0.3, 0.4) is 0 Å². The molecular weight excluding hydrogens is 294 g/mol. The first-order chi connectivity index (χ1) is 9.95. The molecule has 0 aliphatic carbocycles. The molecule has 0 radical (unpaired) electrons. The van der Waals surface area contributed by atoms with Crippen molar-refractivity contribution in [3.8, 4) is 11.8 Å². The van der Waals surface area contributed by atoms with Gasteiger partial charge in [0.05, 0.1) is 11.9 Å². The summed E-state index contributed by atoms with van der Waals surface area (Å²) in [5, 5.41) is 0. The molecule has 0 saturated carbocycles. The van der Waals surface area contributed by atoms with Gasteiger partial charge in [-0.25, -0.2) is 13.4 Å². The van der Waals surface area contributed by atoms with Crippen LogP contribution in [-0.4, -0.2) is 37.1 Å². The van der Waals surface area contributed by atoms with Crippen LogP contribution in [0.15, 0.2) is 36.7 Å². The zero-order chi connectivity index (χ0) is 15.0. The normalized spacial score (nSPS) is 18.0. The van der Waals surface area contributed by atoms with Crippen molar-refractivity contribution in [1.29, 1.82) is 0 Å². The number of imidazole rings is 1. The number of hydrogen-bond donors (Lipinski definition) is 0. The van der Waals surface area contributed by atoms with Crippen molar-refractivity contribution in [1.82, 2.24) is 9.55 Å². The number of nitrogens with zero attached hydrogens (tertiary/aromatic N) is 3. The molecule has 1 aliphatic heterocycles. The molecule has 2 aromatic rings. The molecule has 1 aromatic carbocycles. The van der Waals surface area contributed by atoms with E-state index in [0.29, 0.717) is 17.4 Å². The summed E-state index contributed by atoms with van der Waals surface area (Å²) in [5.41, 5.74) is 0.514. The Morgan fingerprint density at radius 3 is 2.81 bits per heavy atom. The second-order valence-electron chi connectivity index (χ2n) is 4.75. The fourth-order valence-corrected chi connectivity index (χ4v) is 3.03. The molecule has 0 bridgehead atoms. The van der Waals surface area contributed by atoms with E-state index in [2.05, 4.69) is 4.98 Å². The largest absolute Gasteiger partial charge is 0.451 e. The molecule has 1 aliphatic rings. The third-order valence-corrected chi connectivity index (χ3v) is 4.27. The molecule has 1 atom stereocenters. The smallest absolute Gasteiger partial charge is 0.299 e. The summed E-state index contributed by atoms with van der Waals surface area (Å²) in [4.78, 5) is 4.05. The van der Waals surface area contributed by atoms with E-state index in [-0.39, 0.29) is 6.54 Å². The van der Waals surface area contributed by atoms with Crippen LogP contribution in [0.5, 0.6) is 11.8 Å². The van der Waals surface area contributed by atoms with Crippen LogP contribution in [-0.2, 0) is 17.1 Å². The second kappa shape index (κ2) is 4.96.